The van der Waals surface area contributed by atoms with Crippen LogP contribution in [0.15, 0.2) is 18.2 Å². The molecule has 1 aromatic rings. The van der Waals surface area contributed by atoms with Gasteiger partial charge in [-0.25, -0.2) is 0 Å². The second kappa shape index (κ2) is 8.24. The highest BCUT2D eigenvalue weighted by Gasteiger charge is 2.08. The van der Waals surface area contributed by atoms with Gasteiger partial charge in [-0.2, -0.15) is 0 Å². The molecule has 1 nitrogen and oxygen atoms in total. The normalized spacial score (nSPS) is 13.9. The molecule has 0 fully saturated rings. The number of unbranched alkanes of at least 4 members (excludes halogenated alkanes) is 6. The molecule has 0 amide bonds. The maximum atomic E-state index is 3.49. The van der Waals surface area contributed by atoms with E-state index < -0.39 is 0 Å². The standard InChI is InChI=1S/C18H29N/c1-2-3-4-5-6-7-8-10-16-12-13-18-17(15-16)11-9-14-19-18/h12-13,15,19H,2-11,14H2,1H3. The first-order chi connectivity index (χ1) is 9.40. The quantitative estimate of drug-likeness (QED) is 0.621. The van der Waals surface area contributed by atoms with Crippen LogP contribution in [0.3, 0.4) is 0 Å². The first-order valence-electron chi connectivity index (χ1n) is 8.26. The molecule has 106 valence electrons. The Kier molecular flexibility index (Phi) is 6.26. The molecule has 0 aromatic heterocycles. The van der Waals surface area contributed by atoms with Gasteiger partial charge in [0.1, 0.15) is 0 Å². The van der Waals surface area contributed by atoms with E-state index >= 15 is 0 Å². The monoisotopic (exact) mass is 259 g/mol. The van der Waals surface area contributed by atoms with Crippen molar-refractivity contribution in [3.05, 3.63) is 29.3 Å². The third kappa shape index (κ3) is 4.89. The van der Waals surface area contributed by atoms with Crippen molar-refractivity contribution < 1.29 is 0 Å². The van der Waals surface area contributed by atoms with Crippen molar-refractivity contribution in [2.24, 2.45) is 0 Å². The molecule has 1 heterocycles. The van der Waals surface area contributed by atoms with Crippen LogP contribution in [0.2, 0.25) is 0 Å². The van der Waals surface area contributed by atoms with Gasteiger partial charge in [0.05, 0.1) is 0 Å². The van der Waals surface area contributed by atoms with E-state index in [1.54, 1.807) is 0 Å². The van der Waals surface area contributed by atoms with Crippen LogP contribution in [0.5, 0.6) is 0 Å². The number of hydrogen-bond acceptors (Lipinski definition) is 1. The topological polar surface area (TPSA) is 12.0 Å². The zero-order chi connectivity index (χ0) is 13.3. The Hall–Kier alpha value is -0.980. The molecule has 1 aromatic carbocycles. The highest BCUT2D eigenvalue weighted by Crippen LogP contribution is 2.23. The molecule has 1 aliphatic rings. The molecule has 1 aliphatic heterocycles. The number of aryl methyl sites for hydroxylation is 2. The van der Waals surface area contributed by atoms with Gasteiger partial charge in [-0.05, 0) is 42.9 Å². The second-order valence-corrected chi connectivity index (χ2v) is 5.89. The summed E-state index contributed by atoms with van der Waals surface area (Å²) < 4.78 is 0. The minimum absolute atomic E-state index is 1.14. The van der Waals surface area contributed by atoms with Crippen molar-refractivity contribution in [3.63, 3.8) is 0 Å². The summed E-state index contributed by atoms with van der Waals surface area (Å²) in [6.45, 7) is 3.43. The zero-order valence-electron chi connectivity index (χ0n) is 12.5. The highest BCUT2D eigenvalue weighted by atomic mass is 14.9. The van der Waals surface area contributed by atoms with Gasteiger partial charge in [-0.15, -0.1) is 0 Å². The lowest BCUT2D eigenvalue weighted by atomic mass is 9.98. The summed E-state index contributed by atoms with van der Waals surface area (Å²) in [6, 6.07) is 7.03. The molecule has 0 aliphatic carbocycles. The lowest BCUT2D eigenvalue weighted by molar-refractivity contribution is 0.589. The number of benzene rings is 1. The third-order valence-corrected chi connectivity index (χ3v) is 4.18. The number of hydrogen-bond donors (Lipinski definition) is 1. The fraction of sp³-hybridized carbons (Fsp3) is 0.667. The van der Waals surface area contributed by atoms with Gasteiger partial charge in [0.2, 0.25) is 0 Å². The molecule has 0 saturated carbocycles. The van der Waals surface area contributed by atoms with E-state index in [1.807, 2.05) is 0 Å². The Labute approximate surface area is 118 Å². The Morgan fingerprint density at radius 2 is 1.79 bits per heavy atom. The SMILES string of the molecule is CCCCCCCCCc1ccc2c(c1)CCCN2. The van der Waals surface area contributed by atoms with Gasteiger partial charge < -0.3 is 5.32 Å². The molecule has 0 unspecified atom stereocenters. The van der Waals surface area contributed by atoms with Gasteiger partial charge in [0.15, 0.2) is 0 Å². The van der Waals surface area contributed by atoms with Crippen LogP contribution in [0.25, 0.3) is 0 Å². The number of rotatable bonds is 8. The summed E-state index contributed by atoms with van der Waals surface area (Å²) in [5.74, 6) is 0. The molecule has 0 spiro atoms. The van der Waals surface area contributed by atoms with E-state index in [9.17, 15) is 0 Å². The average molecular weight is 259 g/mol. The fourth-order valence-corrected chi connectivity index (χ4v) is 2.97. The first kappa shape index (κ1) is 14.4. The summed E-state index contributed by atoms with van der Waals surface area (Å²) in [5, 5.41) is 3.49. The smallest absolute Gasteiger partial charge is 0.0372 e. The van der Waals surface area contributed by atoms with Crippen molar-refractivity contribution in [1.29, 1.82) is 0 Å². The van der Waals surface area contributed by atoms with Crippen LogP contribution in [0, 0.1) is 0 Å². The minimum Gasteiger partial charge on any atom is -0.385 e. The maximum absolute atomic E-state index is 3.49. The van der Waals surface area contributed by atoms with Crippen LogP contribution in [0.1, 0.15) is 69.4 Å². The number of anilines is 1. The zero-order valence-corrected chi connectivity index (χ0v) is 12.5. The number of nitrogens with one attached hydrogen (secondary N) is 1. The van der Waals surface area contributed by atoms with Crippen LogP contribution in [-0.2, 0) is 12.8 Å². The lowest BCUT2D eigenvalue weighted by Crippen LogP contribution is -2.11. The van der Waals surface area contributed by atoms with Gasteiger partial charge in [0.25, 0.3) is 0 Å². The van der Waals surface area contributed by atoms with E-state index in [4.69, 9.17) is 0 Å². The number of fused-ring (bicyclic) bond motifs is 1. The largest absolute Gasteiger partial charge is 0.385 e. The summed E-state index contributed by atoms with van der Waals surface area (Å²) in [5.41, 5.74) is 4.44. The molecule has 19 heavy (non-hydrogen) atoms. The van der Waals surface area contributed by atoms with Crippen molar-refractivity contribution in [2.75, 3.05) is 11.9 Å². The van der Waals surface area contributed by atoms with Gasteiger partial charge in [-0.3, -0.25) is 0 Å². The fourth-order valence-electron chi connectivity index (χ4n) is 2.97. The average Bonchev–Trinajstić information content (AvgIpc) is 2.46. The third-order valence-electron chi connectivity index (χ3n) is 4.18. The summed E-state index contributed by atoms with van der Waals surface area (Å²) in [6.07, 6.45) is 13.6. The van der Waals surface area contributed by atoms with Crippen molar-refractivity contribution in [2.45, 2.75) is 71.1 Å². The van der Waals surface area contributed by atoms with Crippen molar-refractivity contribution >= 4 is 5.69 Å². The van der Waals surface area contributed by atoms with Crippen LogP contribution in [0.4, 0.5) is 5.69 Å². The molecule has 1 N–H and O–H groups in total. The summed E-state index contributed by atoms with van der Waals surface area (Å²) >= 11 is 0. The van der Waals surface area contributed by atoms with E-state index in [0.717, 1.165) is 6.54 Å². The van der Waals surface area contributed by atoms with E-state index in [2.05, 4.69) is 30.4 Å². The molecule has 1 heteroatoms. The molecular weight excluding hydrogens is 230 g/mol. The Morgan fingerprint density at radius 3 is 2.63 bits per heavy atom. The van der Waals surface area contributed by atoms with E-state index in [0.29, 0.717) is 0 Å². The Balaban J connectivity index is 1.66. The van der Waals surface area contributed by atoms with Gasteiger partial charge in [0, 0.05) is 12.2 Å². The summed E-state index contributed by atoms with van der Waals surface area (Å²) in [7, 11) is 0. The van der Waals surface area contributed by atoms with Crippen molar-refractivity contribution in [3.8, 4) is 0 Å². The van der Waals surface area contributed by atoms with Gasteiger partial charge >= 0.3 is 0 Å². The van der Waals surface area contributed by atoms with Crippen molar-refractivity contribution in [1.82, 2.24) is 0 Å². The first-order valence-corrected chi connectivity index (χ1v) is 8.26. The Bertz CT molecular complexity index is 370. The van der Waals surface area contributed by atoms with Crippen LogP contribution < -0.4 is 5.32 Å². The minimum atomic E-state index is 1.14. The predicted molar refractivity (Wildman–Crippen MR) is 84.9 cm³/mol. The molecular formula is C18H29N. The lowest BCUT2D eigenvalue weighted by Gasteiger charge is -2.18. The van der Waals surface area contributed by atoms with E-state index in [1.165, 1.54) is 81.0 Å². The molecule has 0 atom stereocenters. The van der Waals surface area contributed by atoms with Gasteiger partial charge in [-0.1, -0.05) is 57.6 Å². The predicted octanol–water partition coefficient (Wildman–Crippen LogP) is 5.34. The molecule has 0 radical (unpaired) electrons. The maximum Gasteiger partial charge on any atom is 0.0372 e. The molecule has 0 saturated heterocycles. The van der Waals surface area contributed by atoms with Crippen LogP contribution in [-0.4, -0.2) is 6.54 Å². The van der Waals surface area contributed by atoms with E-state index in [-0.39, 0.29) is 0 Å². The molecule has 0 bridgehead atoms. The van der Waals surface area contributed by atoms with Crippen LogP contribution >= 0.6 is 0 Å². The molecule has 2 rings (SSSR count). The highest BCUT2D eigenvalue weighted by molar-refractivity contribution is 5.54. The Morgan fingerprint density at radius 1 is 1.00 bits per heavy atom. The second-order valence-electron chi connectivity index (χ2n) is 5.89. The summed E-state index contributed by atoms with van der Waals surface area (Å²) in [4.78, 5) is 0.